The summed E-state index contributed by atoms with van der Waals surface area (Å²) in [4.78, 5) is 26.8. The second-order valence-electron chi connectivity index (χ2n) is 12.5. The van der Waals surface area contributed by atoms with Crippen LogP contribution in [0.2, 0.25) is 0 Å². The Morgan fingerprint density at radius 3 is 2.67 bits per heavy atom. The molecular weight excluding hydrogens is 564 g/mol. The highest BCUT2D eigenvalue weighted by Crippen LogP contribution is 2.28. The number of fused-ring (bicyclic) bond motifs is 2. The molecule has 11 nitrogen and oxygen atoms in total. The zero-order chi connectivity index (χ0) is 31.5. The number of carbonyl (C=O) groups excluding carboxylic acids is 1. The Bertz CT molecular complexity index is 1830. The van der Waals surface area contributed by atoms with E-state index >= 15 is 0 Å². The van der Waals surface area contributed by atoms with Gasteiger partial charge in [0.1, 0.15) is 5.52 Å². The number of amides is 1. The van der Waals surface area contributed by atoms with Gasteiger partial charge in [-0.1, -0.05) is 57.2 Å². The molecule has 0 aliphatic carbocycles. The summed E-state index contributed by atoms with van der Waals surface area (Å²) in [6.07, 6.45) is 9.56. The van der Waals surface area contributed by atoms with Crippen molar-refractivity contribution in [3.63, 3.8) is 0 Å². The molecule has 4 heterocycles. The molecule has 2 aromatic carbocycles. The van der Waals surface area contributed by atoms with Crippen LogP contribution in [0.15, 0.2) is 67.0 Å². The van der Waals surface area contributed by atoms with Gasteiger partial charge in [-0.3, -0.25) is 4.79 Å². The van der Waals surface area contributed by atoms with Crippen molar-refractivity contribution in [2.75, 3.05) is 49.3 Å². The van der Waals surface area contributed by atoms with Crippen LogP contribution in [-0.2, 0) is 11.3 Å². The van der Waals surface area contributed by atoms with Crippen molar-refractivity contribution in [3.8, 4) is 5.69 Å². The first-order chi connectivity index (χ1) is 21.8. The van der Waals surface area contributed by atoms with E-state index in [9.17, 15) is 4.79 Å². The lowest BCUT2D eigenvalue weighted by Crippen LogP contribution is -2.34. The normalized spacial score (nSPS) is 14.4. The van der Waals surface area contributed by atoms with Crippen molar-refractivity contribution in [2.45, 2.75) is 46.1 Å². The van der Waals surface area contributed by atoms with E-state index in [0.717, 1.165) is 71.2 Å². The molecule has 11 heteroatoms. The fourth-order valence-electron chi connectivity index (χ4n) is 5.63. The molecule has 3 aromatic heterocycles. The molecule has 1 amide bonds. The Balaban J connectivity index is 1.28. The molecule has 0 atom stereocenters. The second-order valence-corrected chi connectivity index (χ2v) is 12.5. The minimum atomic E-state index is -0.183. The van der Waals surface area contributed by atoms with Gasteiger partial charge in [0.25, 0.3) is 0 Å². The van der Waals surface area contributed by atoms with Crippen LogP contribution < -0.4 is 15.5 Å². The first-order valence-electron chi connectivity index (χ1n) is 15.7. The third kappa shape index (κ3) is 6.68. The quantitative estimate of drug-likeness (QED) is 0.201. The molecule has 1 aliphatic rings. The molecule has 234 valence electrons. The summed E-state index contributed by atoms with van der Waals surface area (Å²) in [5.74, 6) is 2.23. The summed E-state index contributed by atoms with van der Waals surface area (Å²) >= 11 is 0. The molecule has 2 N–H and O–H groups in total. The lowest BCUT2D eigenvalue weighted by atomic mass is 10.00. The average molecular weight is 607 g/mol. The van der Waals surface area contributed by atoms with E-state index in [4.69, 9.17) is 15.1 Å². The number of rotatable bonds is 10. The number of aromatic nitrogens is 6. The maximum atomic E-state index is 12.6. The highest BCUT2D eigenvalue weighted by molar-refractivity contribution is 6.04. The van der Waals surface area contributed by atoms with Gasteiger partial charge in [-0.25, -0.2) is 4.68 Å². The van der Waals surface area contributed by atoms with Crippen molar-refractivity contribution in [1.29, 1.82) is 0 Å². The maximum Gasteiger partial charge on any atom is 0.248 e. The van der Waals surface area contributed by atoms with Crippen LogP contribution in [-0.4, -0.2) is 73.9 Å². The Morgan fingerprint density at radius 1 is 1.09 bits per heavy atom. The molecule has 0 unspecified atom stereocenters. The molecule has 0 bridgehead atoms. The number of likely N-dealkylation sites (N-methyl/N-ethyl adjacent to an activating group) is 1. The number of anilines is 3. The molecule has 0 radical (unpaired) electrons. The monoisotopic (exact) mass is 606 g/mol. The standard InChI is InChI=1S/C34H42N10O/c1-23(2)27-21-36-44-32(27)38-34(42-18-15-24(3)16-19-42)39-33(44)35-20-25-10-6-7-13-29(25)43-22-26-11-8-12-28(31(26)40-43)37-30(45)14-9-17-41(4)5/h6-14,21-24H,15-20H2,1-5H3,(H,37,45)(H,35,38,39)/b14-9+. The van der Waals surface area contributed by atoms with Crippen LogP contribution >= 0.6 is 0 Å². The number of benzene rings is 2. The predicted octanol–water partition coefficient (Wildman–Crippen LogP) is 5.49. The van der Waals surface area contributed by atoms with Gasteiger partial charge < -0.3 is 20.4 Å². The van der Waals surface area contributed by atoms with Gasteiger partial charge in [0.15, 0.2) is 5.65 Å². The van der Waals surface area contributed by atoms with Crippen molar-refractivity contribution in [2.24, 2.45) is 5.92 Å². The SMILES string of the molecule is CC1CCN(c2nc(NCc3ccccc3-n3cc4cccc(NC(=O)/C=C/CN(C)C)c4n3)n3ncc(C(C)C)c3n2)CC1. The van der Waals surface area contributed by atoms with E-state index < -0.39 is 0 Å². The molecule has 0 saturated carbocycles. The van der Waals surface area contributed by atoms with E-state index in [1.54, 1.807) is 6.08 Å². The molecule has 0 spiro atoms. The minimum Gasteiger partial charge on any atom is -0.350 e. The van der Waals surface area contributed by atoms with E-state index in [-0.39, 0.29) is 11.8 Å². The third-order valence-electron chi connectivity index (χ3n) is 8.28. The zero-order valence-electron chi connectivity index (χ0n) is 26.7. The number of para-hydroxylation sites is 1. The molecule has 6 rings (SSSR count). The zero-order valence-corrected chi connectivity index (χ0v) is 26.7. The molecule has 1 saturated heterocycles. The van der Waals surface area contributed by atoms with Crippen molar-refractivity contribution >= 4 is 40.0 Å². The van der Waals surface area contributed by atoms with E-state index in [1.807, 2.05) is 83.1 Å². The maximum absolute atomic E-state index is 12.6. The Labute approximate surface area is 264 Å². The average Bonchev–Trinajstić information content (AvgIpc) is 3.66. The lowest BCUT2D eigenvalue weighted by molar-refractivity contribution is -0.111. The number of nitrogens with zero attached hydrogens (tertiary/aromatic N) is 8. The van der Waals surface area contributed by atoms with Crippen LogP contribution in [0.1, 0.15) is 50.7 Å². The van der Waals surface area contributed by atoms with Crippen LogP contribution in [0.5, 0.6) is 0 Å². The van der Waals surface area contributed by atoms with Gasteiger partial charge in [-0.15, -0.1) is 0 Å². The van der Waals surface area contributed by atoms with E-state index in [0.29, 0.717) is 24.7 Å². The van der Waals surface area contributed by atoms with Gasteiger partial charge in [-0.05, 0) is 56.5 Å². The van der Waals surface area contributed by atoms with E-state index in [2.05, 4.69) is 47.5 Å². The van der Waals surface area contributed by atoms with Gasteiger partial charge >= 0.3 is 0 Å². The van der Waals surface area contributed by atoms with Crippen LogP contribution in [0, 0.1) is 5.92 Å². The minimum absolute atomic E-state index is 0.183. The van der Waals surface area contributed by atoms with Crippen molar-refractivity contribution in [1.82, 2.24) is 34.3 Å². The summed E-state index contributed by atoms with van der Waals surface area (Å²) in [5.41, 5.74) is 5.32. The summed E-state index contributed by atoms with van der Waals surface area (Å²) in [7, 11) is 3.93. The Hall–Kier alpha value is -4.77. The summed E-state index contributed by atoms with van der Waals surface area (Å²) in [6, 6.07) is 14.0. The summed E-state index contributed by atoms with van der Waals surface area (Å²) < 4.78 is 3.69. The third-order valence-corrected chi connectivity index (χ3v) is 8.28. The number of hydrogen-bond donors (Lipinski definition) is 2. The molecule has 1 aliphatic heterocycles. The number of nitrogens with one attached hydrogen (secondary N) is 2. The fraction of sp³-hybridized carbons (Fsp3) is 0.382. The summed E-state index contributed by atoms with van der Waals surface area (Å²) in [6.45, 7) is 9.74. The topological polar surface area (TPSA) is 109 Å². The van der Waals surface area contributed by atoms with Crippen LogP contribution in [0.25, 0.3) is 22.2 Å². The predicted molar refractivity (Wildman–Crippen MR) is 180 cm³/mol. The Morgan fingerprint density at radius 2 is 1.89 bits per heavy atom. The largest absolute Gasteiger partial charge is 0.350 e. The van der Waals surface area contributed by atoms with Gasteiger partial charge in [0.2, 0.25) is 17.8 Å². The smallest absolute Gasteiger partial charge is 0.248 e. The highest BCUT2D eigenvalue weighted by Gasteiger charge is 2.22. The first-order valence-corrected chi connectivity index (χ1v) is 15.7. The number of hydrogen-bond acceptors (Lipinski definition) is 8. The van der Waals surface area contributed by atoms with Crippen LogP contribution in [0.3, 0.4) is 0 Å². The second kappa shape index (κ2) is 13.1. The Kier molecular flexibility index (Phi) is 8.79. The number of carbonyl (C=O) groups is 1. The van der Waals surface area contributed by atoms with Crippen molar-refractivity contribution in [3.05, 3.63) is 78.1 Å². The molecule has 45 heavy (non-hydrogen) atoms. The molecule has 1 fully saturated rings. The lowest BCUT2D eigenvalue weighted by Gasteiger charge is -2.30. The number of piperidine rings is 1. The van der Waals surface area contributed by atoms with E-state index in [1.165, 1.54) is 0 Å². The van der Waals surface area contributed by atoms with Gasteiger partial charge in [0.05, 0.1) is 17.6 Å². The van der Waals surface area contributed by atoms with Gasteiger partial charge in [-0.2, -0.15) is 24.7 Å². The molecular formula is C34H42N10O. The molecule has 5 aromatic rings. The first kappa shape index (κ1) is 30.3. The summed E-state index contributed by atoms with van der Waals surface area (Å²) in [5, 5.41) is 17.1. The highest BCUT2D eigenvalue weighted by atomic mass is 16.1. The van der Waals surface area contributed by atoms with Crippen LogP contribution in [0.4, 0.5) is 17.6 Å². The fourth-order valence-corrected chi connectivity index (χ4v) is 5.63. The van der Waals surface area contributed by atoms with Gasteiger partial charge in [0, 0.05) is 49.4 Å². The van der Waals surface area contributed by atoms with Crippen molar-refractivity contribution < 1.29 is 4.79 Å².